The number of nitrogens with two attached hydrogens (primary N) is 1. The monoisotopic (exact) mass is 477 g/mol. The number of alkyl halides is 3. The summed E-state index contributed by atoms with van der Waals surface area (Å²) >= 11 is 1.12. The number of tetrazole rings is 1. The minimum Gasteiger partial charge on any atom is -0.406 e. The molecule has 0 saturated heterocycles. The van der Waals surface area contributed by atoms with Crippen LogP contribution in [0.4, 0.5) is 13.2 Å². The molecule has 1 amide bonds. The molecule has 4 rings (SSSR count). The van der Waals surface area contributed by atoms with Crippen molar-refractivity contribution in [1.82, 2.24) is 29.8 Å². The molecule has 2 aromatic heterocycles. The van der Waals surface area contributed by atoms with Gasteiger partial charge < -0.3 is 10.5 Å². The lowest BCUT2D eigenvalue weighted by Gasteiger charge is -2.12. The van der Waals surface area contributed by atoms with Crippen molar-refractivity contribution in [2.75, 3.05) is 0 Å². The highest BCUT2D eigenvalue weighted by Crippen LogP contribution is 2.26. The van der Waals surface area contributed by atoms with E-state index in [9.17, 15) is 22.8 Å². The maximum atomic E-state index is 12.8. The number of hydrogen-bond acceptors (Lipinski definition) is 8. The molecule has 0 aliphatic heterocycles. The Balaban J connectivity index is 1.61. The largest absolute Gasteiger partial charge is 0.573 e. The third-order valence-corrected chi connectivity index (χ3v) is 5.26. The minimum absolute atomic E-state index is 0.114. The molecule has 0 aliphatic rings. The van der Waals surface area contributed by atoms with Gasteiger partial charge in [-0.25, -0.2) is 4.98 Å². The Kier molecular flexibility index (Phi) is 6.00. The van der Waals surface area contributed by atoms with Crippen LogP contribution in [0, 0.1) is 0 Å². The van der Waals surface area contributed by atoms with Crippen molar-refractivity contribution in [3.8, 4) is 11.4 Å². The molecular formula is C19H14F3N7O3S. The van der Waals surface area contributed by atoms with Crippen molar-refractivity contribution in [2.24, 2.45) is 5.73 Å². The van der Waals surface area contributed by atoms with Crippen LogP contribution in [0.5, 0.6) is 5.75 Å². The van der Waals surface area contributed by atoms with E-state index in [1.54, 1.807) is 24.3 Å². The van der Waals surface area contributed by atoms with Crippen molar-refractivity contribution in [1.29, 1.82) is 0 Å². The standard InChI is InChI=1S/C19H14F3N7O3S/c20-19(21,22)32-12-7-5-11(6-8-12)29-18(25-26-27-29)33-10-16-24-14-4-2-1-3-13(14)17(31)28(16)9-15(23)30/h1-8H,9-10H2,(H2,23,30). The van der Waals surface area contributed by atoms with Gasteiger partial charge in [-0.2, -0.15) is 4.68 Å². The Morgan fingerprint density at radius 1 is 1.12 bits per heavy atom. The molecule has 0 radical (unpaired) electrons. The van der Waals surface area contributed by atoms with Crippen LogP contribution < -0.4 is 16.0 Å². The fraction of sp³-hybridized carbons (Fsp3) is 0.158. The molecule has 0 spiro atoms. The molecular weight excluding hydrogens is 463 g/mol. The molecule has 0 aliphatic carbocycles. The number of para-hydroxylation sites is 1. The van der Waals surface area contributed by atoms with Gasteiger partial charge in [0.1, 0.15) is 18.1 Å². The molecule has 4 aromatic rings. The zero-order chi connectivity index (χ0) is 23.6. The topological polar surface area (TPSA) is 131 Å². The van der Waals surface area contributed by atoms with E-state index in [1.165, 1.54) is 21.4 Å². The van der Waals surface area contributed by atoms with Gasteiger partial charge in [0.15, 0.2) is 0 Å². The third-order valence-electron chi connectivity index (χ3n) is 4.34. The van der Waals surface area contributed by atoms with Gasteiger partial charge in [0.2, 0.25) is 11.1 Å². The van der Waals surface area contributed by atoms with Crippen LogP contribution in [0.1, 0.15) is 5.82 Å². The number of primary amides is 1. The molecule has 2 aromatic carbocycles. The summed E-state index contributed by atoms with van der Waals surface area (Å²) in [5.41, 5.74) is 5.73. The van der Waals surface area contributed by atoms with Crippen molar-refractivity contribution in [3.63, 3.8) is 0 Å². The molecule has 10 nitrogen and oxygen atoms in total. The maximum Gasteiger partial charge on any atom is 0.573 e. The van der Waals surface area contributed by atoms with E-state index in [2.05, 4.69) is 25.2 Å². The van der Waals surface area contributed by atoms with Gasteiger partial charge in [-0.15, -0.1) is 18.3 Å². The predicted molar refractivity (Wildman–Crippen MR) is 111 cm³/mol. The number of halogens is 3. The first-order valence-corrected chi connectivity index (χ1v) is 10.2. The Morgan fingerprint density at radius 2 is 1.85 bits per heavy atom. The molecule has 2 N–H and O–H groups in total. The van der Waals surface area contributed by atoms with Gasteiger partial charge in [0.25, 0.3) is 5.56 Å². The summed E-state index contributed by atoms with van der Waals surface area (Å²) in [6.45, 7) is -0.349. The Hall–Kier alpha value is -3.94. The van der Waals surface area contributed by atoms with Gasteiger partial charge in [0, 0.05) is 0 Å². The zero-order valence-corrected chi connectivity index (χ0v) is 17.4. The highest BCUT2D eigenvalue weighted by atomic mass is 32.2. The number of ether oxygens (including phenoxy) is 1. The van der Waals surface area contributed by atoms with Gasteiger partial charge >= 0.3 is 6.36 Å². The first-order chi connectivity index (χ1) is 15.7. The Bertz CT molecular complexity index is 1370. The summed E-state index contributed by atoms with van der Waals surface area (Å²) in [5.74, 6) is -0.690. The van der Waals surface area contributed by atoms with Crippen LogP contribution in [0.3, 0.4) is 0 Å². The van der Waals surface area contributed by atoms with Crippen LogP contribution in [0.25, 0.3) is 16.6 Å². The van der Waals surface area contributed by atoms with E-state index in [4.69, 9.17) is 5.73 Å². The van der Waals surface area contributed by atoms with Crippen molar-refractivity contribution >= 4 is 28.6 Å². The second-order valence-corrected chi connectivity index (χ2v) is 7.55. The van der Waals surface area contributed by atoms with E-state index in [1.807, 2.05) is 0 Å². The molecule has 0 bridgehead atoms. The number of amides is 1. The summed E-state index contributed by atoms with van der Waals surface area (Å²) in [6.07, 6.45) is -4.80. The number of nitrogens with zero attached hydrogens (tertiary/aromatic N) is 6. The number of carbonyl (C=O) groups excluding carboxylic acids is 1. The number of carbonyl (C=O) groups is 1. The van der Waals surface area contributed by atoms with Crippen molar-refractivity contribution < 1.29 is 22.7 Å². The molecule has 33 heavy (non-hydrogen) atoms. The fourth-order valence-electron chi connectivity index (χ4n) is 2.99. The molecule has 0 atom stereocenters. The number of benzene rings is 2. The summed E-state index contributed by atoms with van der Waals surface area (Å²) in [6, 6.07) is 11.7. The zero-order valence-electron chi connectivity index (χ0n) is 16.6. The van der Waals surface area contributed by atoms with E-state index in [-0.39, 0.29) is 29.0 Å². The first kappa shape index (κ1) is 22.3. The van der Waals surface area contributed by atoms with E-state index in [0.717, 1.165) is 23.9 Å². The molecule has 2 heterocycles. The van der Waals surface area contributed by atoms with Crippen LogP contribution in [-0.2, 0) is 17.1 Å². The molecule has 14 heteroatoms. The lowest BCUT2D eigenvalue weighted by Crippen LogP contribution is -2.31. The normalized spacial score (nSPS) is 11.6. The summed E-state index contributed by atoms with van der Waals surface area (Å²) in [5, 5.41) is 12.0. The van der Waals surface area contributed by atoms with E-state index < -0.39 is 17.8 Å². The van der Waals surface area contributed by atoms with Crippen molar-refractivity contribution in [3.05, 3.63) is 64.7 Å². The highest BCUT2D eigenvalue weighted by Gasteiger charge is 2.31. The summed E-state index contributed by atoms with van der Waals surface area (Å²) in [7, 11) is 0. The third kappa shape index (κ3) is 5.11. The molecule has 0 fully saturated rings. The Morgan fingerprint density at radius 3 is 2.55 bits per heavy atom. The quantitative estimate of drug-likeness (QED) is 0.400. The predicted octanol–water partition coefficient (Wildman–Crippen LogP) is 2.05. The maximum absolute atomic E-state index is 12.8. The lowest BCUT2D eigenvalue weighted by atomic mass is 10.2. The second-order valence-electron chi connectivity index (χ2n) is 6.61. The lowest BCUT2D eigenvalue weighted by molar-refractivity contribution is -0.274. The molecule has 0 saturated carbocycles. The number of hydrogen-bond donors (Lipinski definition) is 1. The van der Waals surface area contributed by atoms with Crippen LogP contribution >= 0.6 is 11.8 Å². The summed E-state index contributed by atoms with van der Waals surface area (Å²) < 4.78 is 43.4. The average Bonchev–Trinajstić information content (AvgIpc) is 3.22. The fourth-order valence-corrected chi connectivity index (χ4v) is 3.83. The van der Waals surface area contributed by atoms with Crippen LogP contribution in [-0.4, -0.2) is 42.0 Å². The number of rotatable bonds is 7. The smallest absolute Gasteiger partial charge is 0.406 e. The van der Waals surface area contributed by atoms with E-state index >= 15 is 0 Å². The van der Waals surface area contributed by atoms with E-state index in [0.29, 0.717) is 16.6 Å². The van der Waals surface area contributed by atoms with Gasteiger partial charge in [0.05, 0.1) is 22.3 Å². The average molecular weight is 477 g/mol. The first-order valence-electron chi connectivity index (χ1n) is 9.25. The highest BCUT2D eigenvalue weighted by molar-refractivity contribution is 7.98. The Labute approximate surface area is 187 Å². The number of thioether (sulfide) groups is 1. The molecule has 0 unspecified atom stereocenters. The number of fused-ring (bicyclic) bond motifs is 1. The minimum atomic E-state index is -4.80. The van der Waals surface area contributed by atoms with Gasteiger partial charge in [-0.3, -0.25) is 14.2 Å². The molecule has 170 valence electrons. The SMILES string of the molecule is NC(=O)Cn1c(CSc2nnnn2-c2ccc(OC(F)(F)F)cc2)nc2ccccc2c1=O. The van der Waals surface area contributed by atoms with Gasteiger partial charge in [-0.05, 0) is 46.8 Å². The van der Waals surface area contributed by atoms with Crippen LogP contribution in [0.2, 0.25) is 0 Å². The second kappa shape index (κ2) is 8.90. The van der Waals surface area contributed by atoms with Crippen molar-refractivity contribution in [2.45, 2.75) is 23.8 Å². The van der Waals surface area contributed by atoms with Crippen LogP contribution in [0.15, 0.2) is 58.5 Å². The number of aromatic nitrogens is 6. The summed E-state index contributed by atoms with van der Waals surface area (Å²) in [4.78, 5) is 28.8. The van der Waals surface area contributed by atoms with Gasteiger partial charge in [-0.1, -0.05) is 23.9 Å².